The predicted molar refractivity (Wildman–Crippen MR) is 79.1 cm³/mol. The summed E-state index contributed by atoms with van der Waals surface area (Å²) in [4.78, 5) is 36.3. The van der Waals surface area contributed by atoms with E-state index in [-0.39, 0.29) is 32.0 Å². The highest BCUT2D eigenvalue weighted by molar-refractivity contribution is 5.81. The van der Waals surface area contributed by atoms with Gasteiger partial charge in [0.2, 0.25) is 5.91 Å². The van der Waals surface area contributed by atoms with E-state index < -0.39 is 12.1 Å². The van der Waals surface area contributed by atoms with Gasteiger partial charge in [-0.1, -0.05) is 30.3 Å². The summed E-state index contributed by atoms with van der Waals surface area (Å²) in [5.74, 6) is -1.42. The second kappa shape index (κ2) is 8.66. The SMILES string of the molecule is CN(CC(=O)O)C(=O)CCN(C)C(=O)OCc1ccccc1. The van der Waals surface area contributed by atoms with Gasteiger partial charge in [0.05, 0.1) is 0 Å². The number of likely N-dealkylation sites (N-methyl/N-ethyl adjacent to an activating group) is 1. The third-order valence-corrected chi connectivity index (χ3v) is 2.98. The van der Waals surface area contributed by atoms with E-state index in [4.69, 9.17) is 9.84 Å². The number of hydrogen-bond acceptors (Lipinski definition) is 4. The third-order valence-electron chi connectivity index (χ3n) is 2.98. The molecule has 0 heterocycles. The maximum absolute atomic E-state index is 11.8. The summed E-state index contributed by atoms with van der Waals surface area (Å²) in [7, 11) is 2.93. The number of benzene rings is 1. The van der Waals surface area contributed by atoms with Gasteiger partial charge in [-0.15, -0.1) is 0 Å². The number of carbonyl (C=O) groups excluding carboxylic acids is 2. The first-order chi connectivity index (χ1) is 10.4. The standard InChI is InChI=1S/C15H20N2O5/c1-16(9-8-13(18)17(2)10-14(19)20)15(21)22-11-12-6-4-3-5-7-12/h3-7H,8-11H2,1-2H3,(H,19,20). The van der Waals surface area contributed by atoms with Crippen molar-refractivity contribution in [1.82, 2.24) is 9.80 Å². The van der Waals surface area contributed by atoms with Gasteiger partial charge in [-0.25, -0.2) is 4.79 Å². The Morgan fingerprint density at radius 2 is 1.73 bits per heavy atom. The molecule has 0 radical (unpaired) electrons. The molecule has 120 valence electrons. The van der Waals surface area contributed by atoms with Gasteiger partial charge < -0.3 is 19.6 Å². The van der Waals surface area contributed by atoms with Crippen molar-refractivity contribution in [2.24, 2.45) is 0 Å². The Morgan fingerprint density at radius 3 is 2.32 bits per heavy atom. The molecule has 0 aliphatic carbocycles. The Hall–Kier alpha value is -2.57. The molecule has 2 amide bonds. The van der Waals surface area contributed by atoms with Crippen molar-refractivity contribution in [3.8, 4) is 0 Å². The summed E-state index contributed by atoms with van der Waals surface area (Å²) in [6.45, 7) is -0.0334. The van der Waals surface area contributed by atoms with Crippen LogP contribution in [0.15, 0.2) is 30.3 Å². The molecule has 0 saturated carbocycles. The second-order valence-electron chi connectivity index (χ2n) is 4.86. The van der Waals surface area contributed by atoms with Crippen molar-refractivity contribution in [2.75, 3.05) is 27.2 Å². The lowest BCUT2D eigenvalue weighted by atomic mass is 10.2. The average Bonchev–Trinajstić information content (AvgIpc) is 2.50. The van der Waals surface area contributed by atoms with Crippen molar-refractivity contribution in [3.05, 3.63) is 35.9 Å². The Morgan fingerprint density at radius 1 is 1.09 bits per heavy atom. The number of ether oxygens (including phenoxy) is 1. The molecule has 7 nitrogen and oxygen atoms in total. The van der Waals surface area contributed by atoms with Gasteiger partial charge in [-0.05, 0) is 5.56 Å². The molecule has 1 rings (SSSR count). The van der Waals surface area contributed by atoms with E-state index in [2.05, 4.69) is 0 Å². The molecule has 0 bridgehead atoms. The molecule has 0 fully saturated rings. The van der Waals surface area contributed by atoms with E-state index in [0.717, 1.165) is 10.5 Å². The molecule has 1 N–H and O–H groups in total. The number of amides is 2. The summed E-state index contributed by atoms with van der Waals surface area (Å²) in [6.07, 6.45) is -0.488. The largest absolute Gasteiger partial charge is 0.480 e. The normalized spacial score (nSPS) is 9.91. The maximum Gasteiger partial charge on any atom is 0.409 e. The highest BCUT2D eigenvalue weighted by Gasteiger charge is 2.15. The van der Waals surface area contributed by atoms with Crippen molar-refractivity contribution in [3.63, 3.8) is 0 Å². The van der Waals surface area contributed by atoms with Crippen LogP contribution in [0.2, 0.25) is 0 Å². The van der Waals surface area contributed by atoms with Crippen molar-refractivity contribution >= 4 is 18.0 Å². The van der Waals surface area contributed by atoms with Crippen LogP contribution >= 0.6 is 0 Å². The Labute approximate surface area is 129 Å². The van der Waals surface area contributed by atoms with Gasteiger partial charge in [0.15, 0.2) is 0 Å². The molecular weight excluding hydrogens is 288 g/mol. The minimum atomic E-state index is -1.08. The van der Waals surface area contributed by atoms with Gasteiger partial charge >= 0.3 is 12.1 Å². The molecular formula is C15H20N2O5. The number of nitrogens with zero attached hydrogens (tertiary/aromatic N) is 2. The van der Waals surface area contributed by atoms with Crippen molar-refractivity contribution in [1.29, 1.82) is 0 Å². The number of carboxylic acids is 1. The van der Waals surface area contributed by atoms with Crippen molar-refractivity contribution in [2.45, 2.75) is 13.0 Å². The Bertz CT molecular complexity index is 518. The van der Waals surface area contributed by atoms with E-state index in [1.165, 1.54) is 19.0 Å². The van der Waals surface area contributed by atoms with Crippen LogP contribution in [0.25, 0.3) is 0 Å². The van der Waals surface area contributed by atoms with Gasteiger partial charge in [0.1, 0.15) is 13.2 Å². The third kappa shape index (κ3) is 6.25. The molecule has 1 aromatic carbocycles. The van der Waals surface area contributed by atoms with Crippen molar-refractivity contribution < 1.29 is 24.2 Å². The zero-order chi connectivity index (χ0) is 16.5. The van der Waals surface area contributed by atoms with Crippen LogP contribution in [0.3, 0.4) is 0 Å². The van der Waals surface area contributed by atoms with Crippen LogP contribution in [0, 0.1) is 0 Å². The summed E-state index contributed by atoms with van der Waals surface area (Å²) in [5, 5.41) is 8.60. The van der Waals surface area contributed by atoms with Crippen LogP contribution in [0.1, 0.15) is 12.0 Å². The molecule has 7 heteroatoms. The smallest absolute Gasteiger partial charge is 0.409 e. The summed E-state index contributed by atoms with van der Waals surface area (Å²) in [5.41, 5.74) is 0.876. The Balaban J connectivity index is 2.32. The van der Waals surface area contributed by atoms with Gasteiger partial charge in [0.25, 0.3) is 0 Å². The average molecular weight is 308 g/mol. The lowest BCUT2D eigenvalue weighted by Gasteiger charge is -2.19. The quantitative estimate of drug-likeness (QED) is 0.817. The first-order valence-electron chi connectivity index (χ1n) is 6.77. The van der Waals surface area contributed by atoms with Crippen LogP contribution in [0.4, 0.5) is 4.79 Å². The van der Waals surface area contributed by atoms with E-state index in [1.54, 1.807) is 0 Å². The monoisotopic (exact) mass is 308 g/mol. The fourth-order valence-electron chi connectivity index (χ4n) is 1.67. The molecule has 0 aliphatic heterocycles. The maximum atomic E-state index is 11.8. The topological polar surface area (TPSA) is 87.2 Å². The van der Waals surface area contributed by atoms with E-state index >= 15 is 0 Å². The lowest BCUT2D eigenvalue weighted by Crippen LogP contribution is -2.36. The van der Waals surface area contributed by atoms with Gasteiger partial charge in [0, 0.05) is 27.1 Å². The minimum absolute atomic E-state index is 0.0424. The lowest BCUT2D eigenvalue weighted by molar-refractivity contribution is -0.143. The predicted octanol–water partition coefficient (Wildman–Crippen LogP) is 1.19. The molecule has 0 saturated heterocycles. The van der Waals surface area contributed by atoms with E-state index in [1.807, 2.05) is 30.3 Å². The van der Waals surface area contributed by atoms with Crippen LogP contribution in [-0.2, 0) is 20.9 Å². The molecule has 0 aliphatic rings. The molecule has 1 aromatic rings. The van der Waals surface area contributed by atoms with Crippen LogP contribution in [0.5, 0.6) is 0 Å². The summed E-state index contributed by atoms with van der Waals surface area (Å²) in [6, 6.07) is 9.26. The van der Waals surface area contributed by atoms with Crippen LogP contribution < -0.4 is 0 Å². The zero-order valence-corrected chi connectivity index (χ0v) is 12.7. The number of carboxylic acid groups (broad SMARTS) is 1. The zero-order valence-electron chi connectivity index (χ0n) is 12.7. The summed E-state index contributed by atoms with van der Waals surface area (Å²) >= 11 is 0. The fraction of sp³-hybridized carbons (Fsp3) is 0.400. The minimum Gasteiger partial charge on any atom is -0.480 e. The first kappa shape index (κ1) is 17.5. The number of carbonyl (C=O) groups is 3. The number of rotatable bonds is 7. The fourth-order valence-corrected chi connectivity index (χ4v) is 1.67. The first-order valence-corrected chi connectivity index (χ1v) is 6.77. The molecule has 0 aromatic heterocycles. The van der Waals surface area contributed by atoms with Gasteiger partial charge in [-0.2, -0.15) is 0 Å². The molecule has 22 heavy (non-hydrogen) atoms. The highest BCUT2D eigenvalue weighted by Crippen LogP contribution is 2.03. The van der Waals surface area contributed by atoms with Gasteiger partial charge in [-0.3, -0.25) is 9.59 Å². The number of hydrogen-bond donors (Lipinski definition) is 1. The highest BCUT2D eigenvalue weighted by atomic mass is 16.6. The summed E-state index contributed by atoms with van der Waals surface area (Å²) < 4.78 is 5.12. The molecule has 0 unspecified atom stereocenters. The second-order valence-corrected chi connectivity index (χ2v) is 4.86. The van der Waals surface area contributed by atoms with E-state index in [0.29, 0.717) is 0 Å². The number of aliphatic carboxylic acids is 1. The Kier molecular flexibility index (Phi) is 6.88. The molecule has 0 atom stereocenters. The van der Waals surface area contributed by atoms with Crippen LogP contribution in [-0.4, -0.2) is 60.1 Å². The molecule has 0 spiro atoms. The van der Waals surface area contributed by atoms with E-state index in [9.17, 15) is 14.4 Å².